The summed E-state index contributed by atoms with van der Waals surface area (Å²) in [5, 5.41) is 3.44. The number of halogens is 1. The monoisotopic (exact) mass is 280 g/mol. The summed E-state index contributed by atoms with van der Waals surface area (Å²) >= 11 is 0. The molecule has 2 aromatic carbocycles. The van der Waals surface area contributed by atoms with Gasteiger partial charge in [-0.1, -0.05) is 18.2 Å². The van der Waals surface area contributed by atoms with E-state index in [2.05, 4.69) is 10.3 Å². The second-order valence-electron chi connectivity index (χ2n) is 4.83. The van der Waals surface area contributed by atoms with Crippen molar-refractivity contribution in [3.8, 4) is 0 Å². The van der Waals surface area contributed by atoms with Crippen LogP contribution in [0.1, 0.15) is 15.9 Å². The number of hydrogen-bond acceptors (Lipinski definition) is 2. The average Bonchev–Trinajstić information content (AvgIpc) is 2.48. The lowest BCUT2D eigenvalue weighted by Gasteiger charge is -2.08. The van der Waals surface area contributed by atoms with Crippen molar-refractivity contribution in [2.45, 2.75) is 6.92 Å². The van der Waals surface area contributed by atoms with E-state index < -0.39 is 0 Å². The topological polar surface area (TPSA) is 42.0 Å². The Bertz CT molecular complexity index is 830. The fourth-order valence-electron chi connectivity index (χ4n) is 2.13. The molecule has 0 spiro atoms. The van der Waals surface area contributed by atoms with E-state index in [1.807, 2.05) is 31.2 Å². The third-order valence-corrected chi connectivity index (χ3v) is 3.30. The lowest BCUT2D eigenvalue weighted by Crippen LogP contribution is -2.13. The third-order valence-electron chi connectivity index (χ3n) is 3.30. The van der Waals surface area contributed by atoms with Crippen molar-refractivity contribution in [3.05, 3.63) is 71.7 Å². The molecule has 21 heavy (non-hydrogen) atoms. The van der Waals surface area contributed by atoms with Gasteiger partial charge in [0.15, 0.2) is 0 Å². The Hall–Kier alpha value is -2.75. The van der Waals surface area contributed by atoms with Crippen molar-refractivity contribution in [1.29, 1.82) is 0 Å². The molecule has 0 aliphatic carbocycles. The molecule has 0 unspecified atom stereocenters. The molecule has 3 aromatic rings. The van der Waals surface area contributed by atoms with Gasteiger partial charge in [-0.3, -0.25) is 9.78 Å². The van der Waals surface area contributed by atoms with Crippen molar-refractivity contribution < 1.29 is 9.18 Å². The number of pyridine rings is 1. The molecule has 0 aliphatic rings. The molecule has 0 aliphatic heterocycles. The molecule has 0 radical (unpaired) electrons. The van der Waals surface area contributed by atoms with Crippen LogP contribution in [0.4, 0.5) is 10.1 Å². The maximum Gasteiger partial charge on any atom is 0.257 e. The van der Waals surface area contributed by atoms with Crippen molar-refractivity contribution in [3.63, 3.8) is 0 Å². The first-order valence-corrected chi connectivity index (χ1v) is 6.56. The van der Waals surface area contributed by atoms with Crippen LogP contribution in [0.3, 0.4) is 0 Å². The number of para-hydroxylation sites is 1. The first-order chi connectivity index (χ1) is 10.1. The Labute approximate surface area is 121 Å². The van der Waals surface area contributed by atoms with Crippen LogP contribution in [-0.4, -0.2) is 10.9 Å². The molecule has 0 saturated carbocycles. The number of hydrogen-bond donors (Lipinski definition) is 1. The zero-order valence-corrected chi connectivity index (χ0v) is 11.4. The van der Waals surface area contributed by atoms with Crippen LogP contribution in [0.2, 0.25) is 0 Å². The quantitative estimate of drug-likeness (QED) is 0.772. The van der Waals surface area contributed by atoms with E-state index in [0.717, 1.165) is 11.3 Å². The average molecular weight is 280 g/mol. The molecule has 104 valence electrons. The molecule has 1 N–H and O–H groups in total. The van der Waals surface area contributed by atoms with Gasteiger partial charge in [-0.25, -0.2) is 4.39 Å². The molecule has 0 bridgehead atoms. The Kier molecular flexibility index (Phi) is 3.36. The van der Waals surface area contributed by atoms with Gasteiger partial charge in [0.25, 0.3) is 5.91 Å². The van der Waals surface area contributed by atoms with E-state index >= 15 is 0 Å². The number of rotatable bonds is 2. The molecule has 0 atom stereocenters. The number of fused-ring (bicyclic) bond motifs is 1. The number of benzene rings is 2. The Morgan fingerprint density at radius 3 is 2.76 bits per heavy atom. The van der Waals surface area contributed by atoms with Gasteiger partial charge in [0.2, 0.25) is 0 Å². The minimum Gasteiger partial charge on any atom is -0.322 e. The highest BCUT2D eigenvalue weighted by atomic mass is 19.1. The van der Waals surface area contributed by atoms with Gasteiger partial charge < -0.3 is 5.32 Å². The minimum atomic E-state index is -0.347. The van der Waals surface area contributed by atoms with Crippen LogP contribution in [0.25, 0.3) is 10.9 Å². The smallest absolute Gasteiger partial charge is 0.257 e. The van der Waals surface area contributed by atoms with E-state index in [9.17, 15) is 9.18 Å². The fourth-order valence-corrected chi connectivity index (χ4v) is 2.13. The number of aryl methyl sites for hydroxylation is 1. The van der Waals surface area contributed by atoms with Crippen LogP contribution < -0.4 is 5.32 Å². The summed E-state index contributed by atoms with van der Waals surface area (Å²) in [7, 11) is 0. The predicted octanol–water partition coefficient (Wildman–Crippen LogP) is 3.93. The SMILES string of the molecule is Cc1ccccc1NC(=O)c1cnc2ccc(F)cc2c1. The molecule has 3 rings (SSSR count). The van der Waals surface area contributed by atoms with E-state index in [1.54, 1.807) is 12.1 Å². The number of nitrogens with zero attached hydrogens (tertiary/aromatic N) is 1. The van der Waals surface area contributed by atoms with Gasteiger partial charge >= 0.3 is 0 Å². The van der Waals surface area contributed by atoms with E-state index in [0.29, 0.717) is 16.5 Å². The normalized spacial score (nSPS) is 10.6. The molecular weight excluding hydrogens is 267 g/mol. The first kappa shape index (κ1) is 13.2. The summed E-state index contributed by atoms with van der Waals surface area (Å²) in [5.41, 5.74) is 2.78. The summed E-state index contributed by atoms with van der Waals surface area (Å²) in [5.74, 6) is -0.608. The second-order valence-corrected chi connectivity index (χ2v) is 4.83. The number of amides is 1. The molecule has 1 heterocycles. The second kappa shape index (κ2) is 5.32. The van der Waals surface area contributed by atoms with Crippen LogP contribution in [0.5, 0.6) is 0 Å². The number of nitrogens with one attached hydrogen (secondary N) is 1. The minimum absolute atomic E-state index is 0.261. The molecule has 3 nitrogen and oxygen atoms in total. The summed E-state index contributed by atoms with van der Waals surface area (Å²) in [6, 6.07) is 13.5. The Morgan fingerprint density at radius 2 is 1.95 bits per heavy atom. The molecule has 0 saturated heterocycles. The van der Waals surface area contributed by atoms with E-state index in [-0.39, 0.29) is 11.7 Å². The van der Waals surface area contributed by atoms with Crippen molar-refractivity contribution in [2.75, 3.05) is 5.32 Å². The molecule has 1 amide bonds. The summed E-state index contributed by atoms with van der Waals surface area (Å²) < 4.78 is 13.2. The number of anilines is 1. The zero-order chi connectivity index (χ0) is 14.8. The molecular formula is C17H13FN2O. The highest BCUT2D eigenvalue weighted by Crippen LogP contribution is 2.17. The number of carbonyl (C=O) groups is 1. The van der Waals surface area contributed by atoms with Crippen molar-refractivity contribution >= 4 is 22.5 Å². The highest BCUT2D eigenvalue weighted by Gasteiger charge is 2.09. The van der Waals surface area contributed by atoms with Gasteiger partial charge in [0.05, 0.1) is 11.1 Å². The van der Waals surface area contributed by atoms with Crippen LogP contribution in [-0.2, 0) is 0 Å². The lowest BCUT2D eigenvalue weighted by atomic mass is 10.1. The Morgan fingerprint density at radius 1 is 1.14 bits per heavy atom. The summed E-state index contributed by atoms with van der Waals surface area (Å²) in [4.78, 5) is 16.4. The predicted molar refractivity (Wildman–Crippen MR) is 80.8 cm³/mol. The number of carbonyl (C=O) groups excluding carboxylic acids is 1. The first-order valence-electron chi connectivity index (χ1n) is 6.56. The van der Waals surface area contributed by atoms with Gasteiger partial charge in [-0.2, -0.15) is 0 Å². The van der Waals surface area contributed by atoms with Gasteiger partial charge in [0.1, 0.15) is 5.82 Å². The van der Waals surface area contributed by atoms with Gasteiger partial charge in [-0.15, -0.1) is 0 Å². The maximum atomic E-state index is 13.2. The number of aromatic nitrogens is 1. The molecule has 4 heteroatoms. The van der Waals surface area contributed by atoms with Crippen LogP contribution in [0, 0.1) is 12.7 Å². The lowest BCUT2D eigenvalue weighted by molar-refractivity contribution is 0.102. The summed E-state index contributed by atoms with van der Waals surface area (Å²) in [6.45, 7) is 1.92. The molecule has 0 fully saturated rings. The summed E-state index contributed by atoms with van der Waals surface area (Å²) in [6.07, 6.45) is 1.49. The highest BCUT2D eigenvalue weighted by molar-refractivity contribution is 6.06. The molecule has 1 aromatic heterocycles. The van der Waals surface area contributed by atoms with Crippen molar-refractivity contribution in [2.24, 2.45) is 0 Å². The van der Waals surface area contributed by atoms with Gasteiger partial charge in [-0.05, 0) is 42.8 Å². The van der Waals surface area contributed by atoms with Gasteiger partial charge in [0, 0.05) is 17.3 Å². The van der Waals surface area contributed by atoms with E-state index in [4.69, 9.17) is 0 Å². The maximum absolute atomic E-state index is 13.2. The fraction of sp³-hybridized carbons (Fsp3) is 0.0588. The van der Waals surface area contributed by atoms with Crippen LogP contribution >= 0.6 is 0 Å². The standard InChI is InChI=1S/C17H13FN2O/c1-11-4-2-3-5-15(11)20-17(21)13-8-12-9-14(18)6-7-16(12)19-10-13/h2-10H,1H3,(H,20,21). The zero-order valence-electron chi connectivity index (χ0n) is 11.4. The Balaban J connectivity index is 1.93. The van der Waals surface area contributed by atoms with Crippen molar-refractivity contribution in [1.82, 2.24) is 4.98 Å². The largest absolute Gasteiger partial charge is 0.322 e. The third kappa shape index (κ3) is 2.74. The van der Waals surface area contributed by atoms with E-state index in [1.165, 1.54) is 18.3 Å². The van der Waals surface area contributed by atoms with Crippen LogP contribution in [0.15, 0.2) is 54.7 Å².